The van der Waals surface area contributed by atoms with Crippen LogP contribution in [0.15, 0.2) is 41.7 Å². The Morgan fingerprint density at radius 1 is 1.12 bits per heavy atom. The van der Waals surface area contributed by atoms with E-state index in [9.17, 15) is 8.42 Å². The highest BCUT2D eigenvalue weighted by Crippen LogP contribution is 2.11. The number of anilines is 2. The first-order valence-corrected chi connectivity index (χ1v) is 6.07. The highest BCUT2D eigenvalue weighted by Gasteiger charge is 2.15. The summed E-state index contributed by atoms with van der Waals surface area (Å²) in [5.41, 5.74) is 5.27. The summed E-state index contributed by atoms with van der Waals surface area (Å²) in [6.45, 7) is 0. The third-order valence-corrected chi connectivity index (χ3v) is 3.17. The van der Waals surface area contributed by atoms with E-state index >= 15 is 0 Å². The molecule has 2 aromatic rings. The molecule has 8 heteroatoms. The van der Waals surface area contributed by atoms with E-state index in [1.807, 2.05) is 0 Å². The van der Waals surface area contributed by atoms with E-state index in [4.69, 9.17) is 5.73 Å². The van der Waals surface area contributed by atoms with Gasteiger partial charge >= 0.3 is 0 Å². The molecule has 0 saturated heterocycles. The summed E-state index contributed by atoms with van der Waals surface area (Å²) in [7, 11) is -3.72. The van der Waals surface area contributed by atoms with Crippen molar-refractivity contribution in [2.45, 2.75) is 4.90 Å². The van der Waals surface area contributed by atoms with Gasteiger partial charge in [0.15, 0.2) is 0 Å². The number of hydrogen-bond donors (Lipinski definition) is 2. The first-order valence-electron chi connectivity index (χ1n) is 4.59. The van der Waals surface area contributed by atoms with Gasteiger partial charge in [-0.05, 0) is 12.1 Å². The van der Waals surface area contributed by atoms with Gasteiger partial charge in [0.1, 0.15) is 10.7 Å². The molecule has 0 aliphatic heterocycles. The quantitative estimate of drug-likeness (QED) is 0.809. The van der Waals surface area contributed by atoms with Gasteiger partial charge in [0.2, 0.25) is 5.95 Å². The fourth-order valence-corrected chi connectivity index (χ4v) is 1.98. The predicted octanol–water partition coefficient (Wildman–Crippen LogP) is 0.255. The highest BCUT2D eigenvalue weighted by atomic mass is 32.2. The molecule has 0 fully saturated rings. The molecule has 3 N–H and O–H groups in total. The van der Waals surface area contributed by atoms with Gasteiger partial charge in [0.25, 0.3) is 10.0 Å². The topological polar surface area (TPSA) is 111 Å². The molecule has 0 bridgehead atoms. The Balaban J connectivity index is 2.29. The number of pyridine rings is 1. The van der Waals surface area contributed by atoms with Crippen LogP contribution in [-0.4, -0.2) is 23.4 Å². The van der Waals surface area contributed by atoms with Crippen LogP contribution in [0.3, 0.4) is 0 Å². The Hall–Kier alpha value is -2.22. The Labute approximate surface area is 97.8 Å². The molecule has 0 amide bonds. The molecule has 2 heterocycles. The SMILES string of the molecule is Nc1ncc(S(=O)(=O)Nc2ccccn2)cn1. The standard InChI is InChI=1S/C9H9N5O2S/c10-9-12-5-7(6-13-9)17(15,16)14-8-3-1-2-4-11-8/h1-6H,(H,11,14)(H2,10,12,13). The molecular weight excluding hydrogens is 242 g/mol. The number of nitrogens with one attached hydrogen (secondary N) is 1. The number of rotatable bonds is 3. The van der Waals surface area contributed by atoms with Gasteiger partial charge in [-0.3, -0.25) is 4.72 Å². The van der Waals surface area contributed by atoms with Gasteiger partial charge in [-0.15, -0.1) is 0 Å². The van der Waals surface area contributed by atoms with Gasteiger partial charge in [-0.1, -0.05) is 6.07 Å². The Morgan fingerprint density at radius 3 is 2.41 bits per heavy atom. The second-order valence-corrected chi connectivity index (χ2v) is 4.78. The molecule has 88 valence electrons. The van der Waals surface area contributed by atoms with Crippen molar-refractivity contribution in [1.29, 1.82) is 0 Å². The maximum atomic E-state index is 11.8. The maximum Gasteiger partial charge on any atom is 0.266 e. The van der Waals surface area contributed by atoms with Gasteiger partial charge in [-0.2, -0.15) is 0 Å². The molecule has 0 unspecified atom stereocenters. The first kappa shape index (κ1) is 11.3. The minimum atomic E-state index is -3.72. The van der Waals surface area contributed by atoms with E-state index in [2.05, 4.69) is 19.7 Å². The molecule has 0 aromatic carbocycles. The van der Waals surface area contributed by atoms with Crippen LogP contribution < -0.4 is 10.5 Å². The van der Waals surface area contributed by atoms with Crippen molar-refractivity contribution >= 4 is 21.8 Å². The number of hydrogen-bond acceptors (Lipinski definition) is 6. The van der Waals surface area contributed by atoms with Crippen molar-refractivity contribution in [3.63, 3.8) is 0 Å². The monoisotopic (exact) mass is 251 g/mol. The summed E-state index contributed by atoms with van der Waals surface area (Å²) < 4.78 is 26.0. The molecule has 7 nitrogen and oxygen atoms in total. The molecule has 0 atom stereocenters. The molecule has 0 aliphatic rings. The Morgan fingerprint density at radius 2 is 1.82 bits per heavy atom. The lowest BCUT2D eigenvalue weighted by atomic mass is 10.5. The van der Waals surface area contributed by atoms with E-state index in [0.717, 1.165) is 12.4 Å². The summed E-state index contributed by atoms with van der Waals surface area (Å²) >= 11 is 0. The van der Waals surface area contributed by atoms with Crippen LogP contribution >= 0.6 is 0 Å². The van der Waals surface area contributed by atoms with Crippen LogP contribution in [0.1, 0.15) is 0 Å². The summed E-state index contributed by atoms with van der Waals surface area (Å²) in [5, 5.41) is 0. The molecule has 2 aromatic heterocycles. The van der Waals surface area contributed by atoms with E-state index in [1.165, 1.54) is 12.3 Å². The molecule has 0 radical (unpaired) electrons. The molecule has 0 spiro atoms. The summed E-state index contributed by atoms with van der Waals surface area (Å²) in [4.78, 5) is 11.0. The van der Waals surface area contributed by atoms with E-state index in [1.54, 1.807) is 12.1 Å². The lowest BCUT2D eigenvalue weighted by molar-refractivity contribution is 0.600. The highest BCUT2D eigenvalue weighted by molar-refractivity contribution is 7.92. The normalized spacial score (nSPS) is 11.1. The van der Waals surface area contributed by atoms with Gasteiger partial charge in [0, 0.05) is 6.20 Å². The van der Waals surface area contributed by atoms with Crippen molar-refractivity contribution in [1.82, 2.24) is 15.0 Å². The number of nitrogens with zero attached hydrogens (tertiary/aromatic N) is 3. The second-order valence-electron chi connectivity index (χ2n) is 3.10. The molecule has 2 rings (SSSR count). The van der Waals surface area contributed by atoms with Crippen molar-refractivity contribution in [3.05, 3.63) is 36.8 Å². The van der Waals surface area contributed by atoms with Crippen LogP contribution in [-0.2, 0) is 10.0 Å². The largest absolute Gasteiger partial charge is 0.368 e. The summed E-state index contributed by atoms with van der Waals surface area (Å²) in [6.07, 6.45) is 3.75. The third-order valence-electron chi connectivity index (χ3n) is 1.86. The lowest BCUT2D eigenvalue weighted by Crippen LogP contribution is -2.14. The minimum absolute atomic E-state index is 0.0155. The molecule has 0 aliphatic carbocycles. The molecule has 17 heavy (non-hydrogen) atoms. The van der Waals surface area contributed by atoms with Gasteiger partial charge in [-0.25, -0.2) is 23.4 Å². The van der Waals surface area contributed by atoms with Crippen molar-refractivity contribution < 1.29 is 8.42 Å². The zero-order valence-electron chi connectivity index (χ0n) is 8.61. The van der Waals surface area contributed by atoms with Crippen LogP contribution in [0.4, 0.5) is 11.8 Å². The number of nitrogens with two attached hydrogens (primary N) is 1. The van der Waals surface area contributed by atoms with Gasteiger partial charge in [0.05, 0.1) is 12.4 Å². The maximum absolute atomic E-state index is 11.8. The van der Waals surface area contributed by atoms with Crippen LogP contribution in [0, 0.1) is 0 Å². The van der Waals surface area contributed by atoms with Crippen LogP contribution in [0.25, 0.3) is 0 Å². The summed E-state index contributed by atoms with van der Waals surface area (Å²) in [6, 6.07) is 4.89. The average molecular weight is 251 g/mol. The van der Waals surface area contributed by atoms with Crippen LogP contribution in [0.5, 0.6) is 0 Å². The Kier molecular flexibility index (Phi) is 2.88. The average Bonchev–Trinajstić information content (AvgIpc) is 2.30. The fourth-order valence-electron chi connectivity index (χ4n) is 1.08. The smallest absolute Gasteiger partial charge is 0.266 e. The zero-order chi connectivity index (χ0) is 12.3. The van der Waals surface area contributed by atoms with Crippen molar-refractivity contribution in [2.24, 2.45) is 0 Å². The third kappa shape index (κ3) is 2.67. The minimum Gasteiger partial charge on any atom is -0.368 e. The van der Waals surface area contributed by atoms with Gasteiger partial charge < -0.3 is 5.73 Å². The first-order chi connectivity index (χ1) is 8.08. The molecular formula is C9H9N5O2S. The van der Waals surface area contributed by atoms with Crippen LogP contribution in [0.2, 0.25) is 0 Å². The summed E-state index contributed by atoms with van der Waals surface area (Å²) in [5.74, 6) is 0.242. The van der Waals surface area contributed by atoms with E-state index < -0.39 is 10.0 Å². The fraction of sp³-hybridized carbons (Fsp3) is 0. The van der Waals surface area contributed by atoms with Crippen molar-refractivity contribution in [3.8, 4) is 0 Å². The predicted molar refractivity (Wildman–Crippen MR) is 61.5 cm³/mol. The van der Waals surface area contributed by atoms with E-state index in [-0.39, 0.29) is 16.7 Å². The second kappa shape index (κ2) is 4.34. The van der Waals surface area contributed by atoms with E-state index in [0.29, 0.717) is 0 Å². The number of aromatic nitrogens is 3. The zero-order valence-corrected chi connectivity index (χ0v) is 9.42. The lowest BCUT2D eigenvalue weighted by Gasteiger charge is -2.05. The Bertz CT molecular complexity index is 597. The number of sulfonamides is 1. The van der Waals surface area contributed by atoms with Crippen molar-refractivity contribution in [2.75, 3.05) is 10.5 Å². The number of nitrogen functional groups attached to an aromatic ring is 1. The molecule has 0 saturated carbocycles.